The number of hydrogen-bond acceptors (Lipinski definition) is 5. The number of aromatic amines is 2. The first-order chi connectivity index (χ1) is 15.5. The smallest absolute Gasteiger partial charge is 0.257 e. The second-order valence-electron chi connectivity index (χ2n) is 7.50. The van der Waals surface area contributed by atoms with E-state index in [4.69, 9.17) is 4.74 Å². The van der Waals surface area contributed by atoms with Crippen LogP contribution in [0.4, 0.5) is 0 Å². The van der Waals surface area contributed by atoms with Crippen LogP contribution in [0.15, 0.2) is 53.5 Å². The maximum absolute atomic E-state index is 12.7. The average Bonchev–Trinajstić information content (AvgIpc) is 3.30. The highest BCUT2D eigenvalue weighted by atomic mass is 16.5. The first-order valence-electron chi connectivity index (χ1n) is 10.6. The Kier molecular flexibility index (Phi) is 6.30. The number of nitrogens with zero attached hydrogens (tertiary/aromatic N) is 2. The van der Waals surface area contributed by atoms with Gasteiger partial charge in [0, 0.05) is 41.1 Å². The quantitative estimate of drug-likeness (QED) is 0.370. The number of aromatic nitrogens is 4. The lowest BCUT2D eigenvalue weighted by molar-refractivity contribution is 0.0953. The fourth-order valence-electron chi connectivity index (χ4n) is 3.53. The second-order valence-corrected chi connectivity index (χ2v) is 7.50. The Labute approximate surface area is 185 Å². The summed E-state index contributed by atoms with van der Waals surface area (Å²) >= 11 is 0. The van der Waals surface area contributed by atoms with Crippen LogP contribution in [0.5, 0.6) is 5.75 Å². The number of ether oxygens (including phenoxy) is 1. The van der Waals surface area contributed by atoms with Gasteiger partial charge in [0.25, 0.3) is 11.5 Å². The lowest BCUT2D eigenvalue weighted by Gasteiger charge is -2.12. The van der Waals surface area contributed by atoms with Gasteiger partial charge in [-0.05, 0) is 63.1 Å². The van der Waals surface area contributed by atoms with Crippen molar-refractivity contribution in [3.63, 3.8) is 0 Å². The van der Waals surface area contributed by atoms with Crippen molar-refractivity contribution < 1.29 is 9.53 Å². The maximum Gasteiger partial charge on any atom is 0.257 e. The molecule has 0 saturated carbocycles. The Morgan fingerprint density at radius 1 is 1.16 bits per heavy atom. The van der Waals surface area contributed by atoms with Crippen molar-refractivity contribution in [2.45, 2.75) is 26.7 Å². The van der Waals surface area contributed by atoms with Crippen molar-refractivity contribution in [2.75, 3.05) is 13.2 Å². The third kappa shape index (κ3) is 4.69. The number of hydrogen-bond donors (Lipinski definition) is 3. The standard InChI is InChI=1S/C24H25N5O3/c1-3-32-22-14-21(19-8-6-15(2)27-24(19)31)28-20-13-16(7-9-18(20)22)23(30)25-11-4-5-17-10-12-26-29-17/h6-10,12-14H,3-5,11H2,1-2H3,(H,25,30)(H,26,29)(H,27,31). The van der Waals surface area contributed by atoms with Crippen LogP contribution in [0.3, 0.4) is 0 Å². The van der Waals surface area contributed by atoms with E-state index in [1.807, 2.05) is 32.0 Å². The van der Waals surface area contributed by atoms with E-state index in [1.165, 1.54) is 0 Å². The predicted octanol–water partition coefficient (Wildman–Crippen LogP) is 3.38. The fourth-order valence-corrected chi connectivity index (χ4v) is 3.53. The fraction of sp³-hybridized carbons (Fsp3) is 0.250. The Balaban J connectivity index is 1.59. The molecule has 0 saturated heterocycles. The molecule has 1 amide bonds. The maximum atomic E-state index is 12.7. The first-order valence-corrected chi connectivity index (χ1v) is 10.6. The molecular weight excluding hydrogens is 406 g/mol. The molecular formula is C24H25N5O3. The summed E-state index contributed by atoms with van der Waals surface area (Å²) in [6, 6.07) is 12.6. The molecule has 0 atom stereocenters. The molecule has 32 heavy (non-hydrogen) atoms. The van der Waals surface area contributed by atoms with Crippen LogP contribution in [0.25, 0.3) is 22.2 Å². The molecule has 0 spiro atoms. The van der Waals surface area contributed by atoms with Gasteiger partial charge in [0.2, 0.25) is 0 Å². The Bertz CT molecular complexity index is 1290. The molecule has 0 aliphatic carbocycles. The summed E-state index contributed by atoms with van der Waals surface area (Å²) in [5.41, 5.74) is 3.64. The van der Waals surface area contributed by atoms with Crippen LogP contribution in [-0.2, 0) is 6.42 Å². The van der Waals surface area contributed by atoms with Crippen molar-refractivity contribution >= 4 is 16.8 Å². The summed E-state index contributed by atoms with van der Waals surface area (Å²) in [4.78, 5) is 32.6. The van der Waals surface area contributed by atoms with Crippen LogP contribution in [0.1, 0.15) is 35.1 Å². The number of carbonyl (C=O) groups excluding carboxylic acids is 1. The predicted molar refractivity (Wildman–Crippen MR) is 123 cm³/mol. The number of rotatable bonds is 8. The van der Waals surface area contributed by atoms with Gasteiger partial charge in [0.1, 0.15) is 5.75 Å². The molecule has 0 aliphatic heterocycles. The monoisotopic (exact) mass is 431 g/mol. The van der Waals surface area contributed by atoms with Gasteiger partial charge < -0.3 is 15.0 Å². The van der Waals surface area contributed by atoms with E-state index in [2.05, 4.69) is 25.5 Å². The molecule has 0 fully saturated rings. The van der Waals surface area contributed by atoms with Gasteiger partial charge in [0.15, 0.2) is 0 Å². The topological polar surface area (TPSA) is 113 Å². The molecule has 164 valence electrons. The minimum atomic E-state index is -0.217. The summed E-state index contributed by atoms with van der Waals surface area (Å²) in [6.07, 6.45) is 3.32. The first kappa shape index (κ1) is 21.3. The molecule has 4 rings (SSSR count). The van der Waals surface area contributed by atoms with E-state index < -0.39 is 0 Å². The van der Waals surface area contributed by atoms with Gasteiger partial charge in [-0.3, -0.25) is 14.7 Å². The SMILES string of the molecule is CCOc1cc(-c2ccc(C)[nH]c2=O)nc2cc(C(=O)NCCCc3ccn[nH]3)ccc12. The van der Waals surface area contributed by atoms with E-state index in [0.29, 0.717) is 41.2 Å². The number of aryl methyl sites for hydroxylation is 2. The van der Waals surface area contributed by atoms with E-state index in [-0.39, 0.29) is 11.5 Å². The van der Waals surface area contributed by atoms with Gasteiger partial charge in [0.05, 0.1) is 23.4 Å². The highest BCUT2D eigenvalue weighted by molar-refractivity contribution is 5.99. The van der Waals surface area contributed by atoms with Crippen molar-refractivity contribution in [1.29, 1.82) is 0 Å². The largest absolute Gasteiger partial charge is 0.493 e. The third-order valence-corrected chi connectivity index (χ3v) is 5.13. The zero-order valence-corrected chi connectivity index (χ0v) is 18.1. The highest BCUT2D eigenvalue weighted by Crippen LogP contribution is 2.30. The van der Waals surface area contributed by atoms with Crippen LogP contribution in [-0.4, -0.2) is 39.2 Å². The van der Waals surface area contributed by atoms with E-state index >= 15 is 0 Å². The molecule has 1 aromatic carbocycles. The zero-order valence-electron chi connectivity index (χ0n) is 18.1. The average molecular weight is 431 g/mol. The number of pyridine rings is 2. The van der Waals surface area contributed by atoms with Gasteiger partial charge in [-0.15, -0.1) is 0 Å². The highest BCUT2D eigenvalue weighted by Gasteiger charge is 2.14. The normalized spacial score (nSPS) is 10.9. The lowest BCUT2D eigenvalue weighted by Crippen LogP contribution is -2.24. The summed E-state index contributed by atoms with van der Waals surface area (Å²) < 4.78 is 5.80. The van der Waals surface area contributed by atoms with E-state index in [9.17, 15) is 9.59 Å². The minimum absolute atomic E-state index is 0.171. The van der Waals surface area contributed by atoms with E-state index in [1.54, 1.807) is 30.5 Å². The summed E-state index contributed by atoms with van der Waals surface area (Å²) in [5.74, 6) is 0.453. The zero-order chi connectivity index (χ0) is 22.5. The van der Waals surface area contributed by atoms with Crippen molar-refractivity contribution in [2.24, 2.45) is 0 Å². The molecule has 8 heteroatoms. The van der Waals surface area contributed by atoms with Crippen molar-refractivity contribution in [1.82, 2.24) is 25.5 Å². The number of H-pyrrole nitrogens is 2. The van der Waals surface area contributed by atoms with E-state index in [0.717, 1.165) is 29.6 Å². The van der Waals surface area contributed by atoms with Crippen molar-refractivity contribution in [3.8, 4) is 17.0 Å². The number of benzene rings is 1. The number of nitrogens with one attached hydrogen (secondary N) is 3. The van der Waals surface area contributed by atoms with Gasteiger partial charge in [-0.2, -0.15) is 5.10 Å². The lowest BCUT2D eigenvalue weighted by atomic mass is 10.1. The van der Waals surface area contributed by atoms with Gasteiger partial charge in [-0.1, -0.05) is 0 Å². The minimum Gasteiger partial charge on any atom is -0.493 e. The molecule has 8 nitrogen and oxygen atoms in total. The van der Waals surface area contributed by atoms with Gasteiger partial charge >= 0.3 is 0 Å². The van der Waals surface area contributed by atoms with Gasteiger partial charge in [-0.25, -0.2) is 4.98 Å². The molecule has 4 aromatic rings. The Morgan fingerprint density at radius 2 is 2.03 bits per heavy atom. The summed E-state index contributed by atoms with van der Waals surface area (Å²) in [6.45, 7) is 4.74. The molecule has 0 unspecified atom stereocenters. The molecule has 0 aliphatic rings. The number of fused-ring (bicyclic) bond motifs is 1. The van der Waals surface area contributed by atoms with Crippen LogP contribution in [0, 0.1) is 6.92 Å². The van der Waals surface area contributed by atoms with Crippen LogP contribution >= 0.6 is 0 Å². The van der Waals surface area contributed by atoms with Crippen LogP contribution < -0.4 is 15.6 Å². The number of amides is 1. The van der Waals surface area contributed by atoms with Crippen molar-refractivity contribution in [3.05, 3.63) is 76.0 Å². The molecule has 3 heterocycles. The molecule has 0 bridgehead atoms. The van der Waals surface area contributed by atoms with Crippen LogP contribution in [0.2, 0.25) is 0 Å². The summed E-state index contributed by atoms with van der Waals surface area (Å²) in [5, 5.41) is 10.6. The Morgan fingerprint density at radius 3 is 2.78 bits per heavy atom. The molecule has 3 aromatic heterocycles. The Hall–Kier alpha value is -3.94. The number of carbonyl (C=O) groups is 1. The summed E-state index contributed by atoms with van der Waals surface area (Å²) in [7, 11) is 0. The third-order valence-electron chi connectivity index (χ3n) is 5.13. The molecule has 3 N–H and O–H groups in total. The second kappa shape index (κ2) is 9.47. The molecule has 0 radical (unpaired) electrons.